The van der Waals surface area contributed by atoms with E-state index in [0.717, 1.165) is 62.8 Å². The molecule has 0 aliphatic carbocycles. The van der Waals surface area contributed by atoms with Gasteiger partial charge in [-0.2, -0.15) is 0 Å². The number of benzene rings is 2. The van der Waals surface area contributed by atoms with Gasteiger partial charge in [0.25, 0.3) is 0 Å². The van der Waals surface area contributed by atoms with Gasteiger partial charge in [0.05, 0.1) is 22.4 Å². The van der Waals surface area contributed by atoms with Crippen LogP contribution in [0.2, 0.25) is 0 Å². The molecule has 38 heavy (non-hydrogen) atoms. The Morgan fingerprint density at radius 1 is 0.605 bits per heavy atom. The number of fused-ring (bicyclic) bond motifs is 6. The Morgan fingerprint density at radius 2 is 1.26 bits per heavy atom. The summed E-state index contributed by atoms with van der Waals surface area (Å²) in [5.41, 5.74) is 5.92. The molecule has 0 atom stereocenters. The number of aromatic nitrogens is 5. The Kier molecular flexibility index (Phi) is 4.48. The van der Waals surface area contributed by atoms with E-state index in [2.05, 4.69) is 87.3 Å². The van der Waals surface area contributed by atoms with E-state index in [4.69, 9.17) is 15.0 Å². The van der Waals surface area contributed by atoms with Crippen molar-refractivity contribution in [2.75, 3.05) is 11.9 Å². The topological polar surface area (TPSA) is 60.6 Å². The molecule has 6 heterocycles. The summed E-state index contributed by atoms with van der Waals surface area (Å²) >= 11 is 0. The molecular weight excluding hydrogens is 468 g/mol. The van der Waals surface area contributed by atoms with E-state index in [1.807, 2.05) is 42.6 Å². The van der Waals surface area contributed by atoms with Gasteiger partial charge in [0.15, 0.2) is 0 Å². The van der Waals surface area contributed by atoms with Crippen molar-refractivity contribution < 1.29 is 0 Å². The minimum Gasteiger partial charge on any atom is -0.367 e. The van der Waals surface area contributed by atoms with Crippen molar-refractivity contribution in [3.63, 3.8) is 0 Å². The number of hydrogen-bond acceptors (Lipinski definition) is 4. The van der Waals surface area contributed by atoms with Crippen LogP contribution in [0.1, 0.15) is 5.56 Å². The normalized spacial score (nSPS) is 12.7. The molecule has 5 aromatic heterocycles. The summed E-state index contributed by atoms with van der Waals surface area (Å²) in [7, 11) is 0. The van der Waals surface area contributed by atoms with Crippen LogP contribution in [0, 0.1) is 0 Å². The molecule has 180 valence electrons. The first-order valence-corrected chi connectivity index (χ1v) is 12.7. The van der Waals surface area contributed by atoms with Gasteiger partial charge in [-0.05, 0) is 48.5 Å². The van der Waals surface area contributed by atoms with Crippen LogP contribution in [0.15, 0.2) is 109 Å². The molecule has 0 saturated heterocycles. The van der Waals surface area contributed by atoms with E-state index in [0.29, 0.717) is 0 Å². The van der Waals surface area contributed by atoms with Crippen molar-refractivity contribution in [1.29, 1.82) is 0 Å². The summed E-state index contributed by atoms with van der Waals surface area (Å²) in [6.45, 7) is 0.791. The number of nitrogens with one attached hydrogen (secondary N) is 1. The standard InChI is InChI=1S/C32H22N6/c1-3-15-27-21(9-1)23-11-7-19-33-31(23)37(27)29-17-5-13-25(35-29)26-14-6-18-30(36-26)38-28-16-4-2-10-22(28)24-12-8-20-34-32(24)38/h1-19,34H,20H2. The summed E-state index contributed by atoms with van der Waals surface area (Å²) in [5.74, 6) is 2.74. The first-order valence-electron chi connectivity index (χ1n) is 12.7. The van der Waals surface area contributed by atoms with Crippen LogP contribution in [0.3, 0.4) is 0 Å². The number of hydrogen-bond donors (Lipinski definition) is 1. The molecule has 7 aromatic rings. The highest BCUT2D eigenvalue weighted by molar-refractivity contribution is 6.07. The van der Waals surface area contributed by atoms with Crippen LogP contribution in [-0.2, 0) is 0 Å². The predicted molar refractivity (Wildman–Crippen MR) is 154 cm³/mol. The minimum absolute atomic E-state index is 0.791. The Morgan fingerprint density at radius 3 is 2.05 bits per heavy atom. The Bertz CT molecular complexity index is 1990. The van der Waals surface area contributed by atoms with Gasteiger partial charge in [-0.15, -0.1) is 0 Å². The van der Waals surface area contributed by atoms with E-state index in [-0.39, 0.29) is 0 Å². The lowest BCUT2D eigenvalue weighted by Crippen LogP contribution is -2.09. The number of nitrogens with zero attached hydrogens (tertiary/aromatic N) is 5. The first-order chi connectivity index (χ1) is 18.9. The second-order valence-electron chi connectivity index (χ2n) is 9.39. The summed E-state index contributed by atoms with van der Waals surface area (Å²) in [6.07, 6.45) is 6.18. The maximum atomic E-state index is 5.10. The van der Waals surface area contributed by atoms with E-state index in [9.17, 15) is 0 Å². The number of para-hydroxylation sites is 2. The van der Waals surface area contributed by atoms with Crippen molar-refractivity contribution in [1.82, 2.24) is 24.1 Å². The van der Waals surface area contributed by atoms with Crippen molar-refractivity contribution >= 4 is 44.7 Å². The lowest BCUT2D eigenvalue weighted by Gasteiger charge is -2.15. The van der Waals surface area contributed by atoms with Crippen LogP contribution in [-0.4, -0.2) is 30.6 Å². The third kappa shape index (κ3) is 3.04. The molecule has 8 rings (SSSR count). The van der Waals surface area contributed by atoms with Gasteiger partial charge in [-0.25, -0.2) is 15.0 Å². The van der Waals surface area contributed by atoms with Crippen molar-refractivity contribution in [2.45, 2.75) is 0 Å². The third-order valence-electron chi connectivity index (χ3n) is 7.21. The smallest absolute Gasteiger partial charge is 0.146 e. The molecule has 1 aliphatic heterocycles. The highest BCUT2D eigenvalue weighted by Gasteiger charge is 2.19. The van der Waals surface area contributed by atoms with Crippen molar-refractivity contribution in [3.05, 3.63) is 115 Å². The van der Waals surface area contributed by atoms with Crippen LogP contribution >= 0.6 is 0 Å². The van der Waals surface area contributed by atoms with E-state index >= 15 is 0 Å². The molecule has 6 heteroatoms. The van der Waals surface area contributed by atoms with Gasteiger partial charge in [0.2, 0.25) is 0 Å². The zero-order valence-electron chi connectivity index (χ0n) is 20.4. The number of rotatable bonds is 3. The fourth-order valence-corrected chi connectivity index (χ4v) is 5.59. The number of pyridine rings is 3. The Balaban J connectivity index is 1.30. The highest BCUT2D eigenvalue weighted by atomic mass is 15.2. The summed E-state index contributed by atoms with van der Waals surface area (Å²) < 4.78 is 4.34. The van der Waals surface area contributed by atoms with Crippen molar-refractivity contribution in [3.8, 4) is 23.0 Å². The van der Waals surface area contributed by atoms with Gasteiger partial charge in [0.1, 0.15) is 23.1 Å². The number of anilines is 1. The molecular formula is C32H22N6. The lowest BCUT2D eigenvalue weighted by molar-refractivity contribution is 1.02. The fourth-order valence-electron chi connectivity index (χ4n) is 5.59. The molecule has 0 amide bonds. The predicted octanol–water partition coefficient (Wildman–Crippen LogP) is 7.02. The molecule has 0 radical (unpaired) electrons. The first kappa shape index (κ1) is 20.9. The van der Waals surface area contributed by atoms with Gasteiger partial charge >= 0.3 is 0 Å². The molecule has 0 saturated carbocycles. The largest absolute Gasteiger partial charge is 0.367 e. The van der Waals surface area contributed by atoms with Crippen LogP contribution in [0.25, 0.3) is 61.9 Å². The summed E-state index contributed by atoms with van der Waals surface area (Å²) in [5, 5.41) is 7.03. The van der Waals surface area contributed by atoms with Gasteiger partial charge in [-0.1, -0.05) is 60.7 Å². The molecule has 0 fully saturated rings. The SMILES string of the molecule is C1=Cc2c(n(-c3cccc(-c4cccc(-n5c6ccccc6c6cccnc65)n4)n3)c3ccccc23)NC1. The average molecular weight is 491 g/mol. The Hall–Kier alpha value is -5.23. The second-order valence-corrected chi connectivity index (χ2v) is 9.39. The molecule has 0 unspecified atom stereocenters. The van der Waals surface area contributed by atoms with Gasteiger partial charge in [-0.3, -0.25) is 9.13 Å². The second kappa shape index (κ2) is 8.15. The van der Waals surface area contributed by atoms with Gasteiger partial charge in [0, 0.05) is 34.5 Å². The van der Waals surface area contributed by atoms with E-state index < -0.39 is 0 Å². The molecule has 0 spiro atoms. The summed E-state index contributed by atoms with van der Waals surface area (Å²) in [6, 6.07) is 33.1. The summed E-state index contributed by atoms with van der Waals surface area (Å²) in [4.78, 5) is 14.9. The van der Waals surface area contributed by atoms with Crippen LogP contribution in [0.5, 0.6) is 0 Å². The monoisotopic (exact) mass is 490 g/mol. The Labute approximate surface area is 218 Å². The fraction of sp³-hybridized carbons (Fsp3) is 0.0312. The zero-order chi connectivity index (χ0) is 25.1. The molecule has 1 aliphatic rings. The molecule has 6 nitrogen and oxygen atoms in total. The van der Waals surface area contributed by atoms with Crippen molar-refractivity contribution in [2.24, 2.45) is 0 Å². The van der Waals surface area contributed by atoms with E-state index in [1.165, 1.54) is 10.9 Å². The average Bonchev–Trinajstić information content (AvgIpc) is 3.51. The van der Waals surface area contributed by atoms with Crippen LogP contribution < -0.4 is 5.32 Å². The van der Waals surface area contributed by atoms with Gasteiger partial charge < -0.3 is 5.32 Å². The van der Waals surface area contributed by atoms with Crippen LogP contribution in [0.4, 0.5) is 5.82 Å². The maximum absolute atomic E-state index is 5.10. The molecule has 0 bridgehead atoms. The molecule has 1 N–H and O–H groups in total. The lowest BCUT2D eigenvalue weighted by atomic mass is 10.1. The van der Waals surface area contributed by atoms with E-state index in [1.54, 1.807) is 0 Å². The zero-order valence-corrected chi connectivity index (χ0v) is 20.4. The third-order valence-corrected chi connectivity index (χ3v) is 7.21. The maximum Gasteiger partial charge on any atom is 0.146 e. The molecule has 2 aromatic carbocycles. The quantitative estimate of drug-likeness (QED) is 0.289. The highest BCUT2D eigenvalue weighted by Crippen LogP contribution is 2.36. The minimum atomic E-state index is 0.791.